The number of halogens is 1. The van der Waals surface area contributed by atoms with Crippen LogP contribution in [0, 0.1) is 12.3 Å². The maximum absolute atomic E-state index is 12.6. The number of hydrogen-bond donors (Lipinski definition) is 1. The van der Waals surface area contributed by atoms with Gasteiger partial charge in [0.2, 0.25) is 0 Å². The first-order valence-electron chi connectivity index (χ1n) is 11.2. The van der Waals surface area contributed by atoms with Crippen molar-refractivity contribution in [3.63, 3.8) is 0 Å². The fourth-order valence-corrected chi connectivity index (χ4v) is 4.77. The molecule has 34 heavy (non-hydrogen) atoms. The van der Waals surface area contributed by atoms with Gasteiger partial charge >= 0.3 is 6.09 Å². The number of benzene rings is 1. The van der Waals surface area contributed by atoms with E-state index in [0.717, 1.165) is 11.1 Å². The van der Waals surface area contributed by atoms with Crippen LogP contribution >= 0.6 is 11.6 Å². The smallest absolute Gasteiger partial charge is 0.407 e. The molecule has 1 heterocycles. The molecule has 0 radical (unpaired) electrons. The summed E-state index contributed by atoms with van der Waals surface area (Å²) in [6.07, 6.45) is 6.54. The Morgan fingerprint density at radius 2 is 1.88 bits per heavy atom. The van der Waals surface area contributed by atoms with Crippen LogP contribution in [0.15, 0.2) is 42.6 Å². The van der Waals surface area contributed by atoms with E-state index >= 15 is 0 Å². The van der Waals surface area contributed by atoms with Gasteiger partial charge in [-0.05, 0) is 48.3 Å². The van der Waals surface area contributed by atoms with Crippen molar-refractivity contribution in [1.82, 2.24) is 9.88 Å². The fourth-order valence-electron chi connectivity index (χ4n) is 3.37. The lowest BCUT2D eigenvalue weighted by atomic mass is 9.97. The Kier molecular flexibility index (Phi) is 9.57. The molecule has 0 bridgehead atoms. The monoisotopic (exact) mass is 502 g/mol. The zero-order valence-electron chi connectivity index (χ0n) is 20.8. The number of amides is 1. The van der Waals surface area contributed by atoms with Crippen LogP contribution in [0.5, 0.6) is 5.75 Å². The summed E-state index contributed by atoms with van der Waals surface area (Å²) in [5.41, 5.74) is 1.62. The minimum absolute atomic E-state index is 0.0776. The van der Waals surface area contributed by atoms with Gasteiger partial charge in [0.05, 0.1) is 19.3 Å². The SMILES string of the molecule is C#CCC[C@H]([C@H](O[Si](C)(C)C(C)(C)C)c1ccc(Cl)nc1)N(Cc1ccc(OC)cc1)C(=O)O. The third-order valence-electron chi connectivity index (χ3n) is 6.40. The fraction of sp³-hybridized carbons (Fsp3) is 0.462. The standard InChI is InChI=1S/C26H35ClN2O4Si/c1-8-9-10-22(29(25(30)31)18-19-11-14-21(32-5)15-12-19)24(20-13-16-23(27)28-17-20)33-34(6,7)26(2,3)4/h1,11-17,22,24H,9-10,18H2,2-7H3,(H,30,31)/t22-,24-/m1/s1. The van der Waals surface area contributed by atoms with Gasteiger partial charge in [0.15, 0.2) is 8.32 Å². The highest BCUT2D eigenvalue weighted by Crippen LogP contribution is 2.42. The number of ether oxygens (including phenoxy) is 1. The van der Waals surface area contributed by atoms with Crippen LogP contribution in [-0.4, -0.2) is 42.6 Å². The third-order valence-corrected chi connectivity index (χ3v) is 11.1. The number of terminal acetylenes is 1. The van der Waals surface area contributed by atoms with Crippen LogP contribution in [-0.2, 0) is 11.0 Å². The number of nitrogens with zero attached hydrogens (tertiary/aromatic N) is 2. The molecule has 0 saturated heterocycles. The van der Waals surface area contributed by atoms with E-state index in [0.29, 0.717) is 23.7 Å². The molecule has 0 fully saturated rings. The molecule has 2 atom stereocenters. The van der Waals surface area contributed by atoms with Crippen molar-refractivity contribution >= 4 is 26.0 Å². The molecule has 1 aromatic carbocycles. The molecule has 2 rings (SSSR count). The maximum atomic E-state index is 12.6. The average molecular weight is 503 g/mol. The Hall–Kier alpha value is -2.53. The molecule has 0 unspecified atom stereocenters. The Bertz CT molecular complexity index is 982. The second-order valence-electron chi connectivity index (χ2n) is 9.78. The third kappa shape index (κ3) is 7.23. The van der Waals surface area contributed by atoms with Crippen molar-refractivity contribution in [3.05, 3.63) is 58.9 Å². The minimum Gasteiger partial charge on any atom is -0.497 e. The maximum Gasteiger partial charge on any atom is 0.407 e. The predicted octanol–water partition coefficient (Wildman–Crippen LogP) is 6.77. The summed E-state index contributed by atoms with van der Waals surface area (Å²) >= 11 is 6.05. The lowest BCUT2D eigenvalue weighted by Gasteiger charge is -2.43. The van der Waals surface area contributed by atoms with Crippen LogP contribution in [0.1, 0.15) is 50.8 Å². The quantitative estimate of drug-likeness (QED) is 0.220. The molecule has 0 aliphatic heterocycles. The van der Waals surface area contributed by atoms with Gasteiger partial charge in [-0.25, -0.2) is 9.78 Å². The molecule has 1 amide bonds. The van der Waals surface area contributed by atoms with Crippen molar-refractivity contribution in [1.29, 1.82) is 0 Å². The molecule has 1 aromatic heterocycles. The van der Waals surface area contributed by atoms with E-state index in [1.165, 1.54) is 4.90 Å². The molecular formula is C26H35ClN2O4Si. The van der Waals surface area contributed by atoms with E-state index in [4.69, 9.17) is 27.2 Å². The molecule has 0 saturated carbocycles. The largest absolute Gasteiger partial charge is 0.497 e. The minimum atomic E-state index is -2.30. The molecule has 0 aliphatic rings. The summed E-state index contributed by atoms with van der Waals surface area (Å²) in [6, 6.07) is 10.4. The van der Waals surface area contributed by atoms with Crippen molar-refractivity contribution in [2.45, 2.75) is 70.4 Å². The first kappa shape index (κ1) is 27.7. The summed E-state index contributed by atoms with van der Waals surface area (Å²) < 4.78 is 12.1. The van der Waals surface area contributed by atoms with E-state index in [9.17, 15) is 9.90 Å². The summed E-state index contributed by atoms with van der Waals surface area (Å²) in [6.45, 7) is 10.9. The number of methoxy groups -OCH3 is 1. The van der Waals surface area contributed by atoms with Gasteiger partial charge in [0, 0.05) is 24.7 Å². The van der Waals surface area contributed by atoms with Gasteiger partial charge in [-0.2, -0.15) is 0 Å². The van der Waals surface area contributed by atoms with Gasteiger partial charge in [0.25, 0.3) is 0 Å². The van der Waals surface area contributed by atoms with Gasteiger partial charge < -0.3 is 14.3 Å². The number of aromatic nitrogens is 1. The highest BCUT2D eigenvalue weighted by atomic mass is 35.5. The predicted molar refractivity (Wildman–Crippen MR) is 139 cm³/mol. The van der Waals surface area contributed by atoms with Gasteiger partial charge in [-0.15, -0.1) is 12.3 Å². The van der Waals surface area contributed by atoms with Gasteiger partial charge in [-0.1, -0.05) is 50.6 Å². The lowest BCUT2D eigenvalue weighted by molar-refractivity contribution is 0.0461. The van der Waals surface area contributed by atoms with Crippen molar-refractivity contribution in [2.24, 2.45) is 0 Å². The van der Waals surface area contributed by atoms with E-state index in [1.807, 2.05) is 30.3 Å². The number of rotatable bonds is 10. The Morgan fingerprint density at radius 1 is 1.24 bits per heavy atom. The summed E-state index contributed by atoms with van der Waals surface area (Å²) in [5.74, 6) is 3.37. The molecule has 0 aliphatic carbocycles. The highest BCUT2D eigenvalue weighted by Gasteiger charge is 2.43. The zero-order chi connectivity index (χ0) is 25.5. The van der Waals surface area contributed by atoms with Gasteiger partial charge in [0.1, 0.15) is 10.9 Å². The average Bonchev–Trinajstić information content (AvgIpc) is 2.77. The van der Waals surface area contributed by atoms with Crippen LogP contribution in [0.25, 0.3) is 0 Å². The molecular weight excluding hydrogens is 468 g/mol. The van der Waals surface area contributed by atoms with Crippen LogP contribution < -0.4 is 4.74 Å². The Balaban J connectivity index is 2.55. The summed E-state index contributed by atoms with van der Waals surface area (Å²) in [4.78, 5) is 18.2. The topological polar surface area (TPSA) is 71.9 Å². The lowest BCUT2D eigenvalue weighted by Crippen LogP contribution is -2.49. The number of carboxylic acid groups (broad SMARTS) is 1. The summed E-state index contributed by atoms with van der Waals surface area (Å²) in [5, 5.41) is 10.6. The van der Waals surface area contributed by atoms with Crippen LogP contribution in [0.2, 0.25) is 23.3 Å². The number of carbonyl (C=O) groups is 1. The zero-order valence-corrected chi connectivity index (χ0v) is 22.6. The van der Waals surface area contributed by atoms with E-state index in [1.54, 1.807) is 19.4 Å². The molecule has 0 spiro atoms. The van der Waals surface area contributed by atoms with Crippen molar-refractivity contribution in [3.8, 4) is 18.1 Å². The van der Waals surface area contributed by atoms with E-state index in [2.05, 4.69) is 44.8 Å². The number of pyridine rings is 1. The molecule has 184 valence electrons. The number of hydrogen-bond acceptors (Lipinski definition) is 4. The molecule has 8 heteroatoms. The van der Waals surface area contributed by atoms with Gasteiger partial charge in [-0.3, -0.25) is 4.90 Å². The van der Waals surface area contributed by atoms with E-state index < -0.39 is 26.6 Å². The molecule has 2 aromatic rings. The van der Waals surface area contributed by atoms with E-state index in [-0.39, 0.29) is 11.6 Å². The second kappa shape index (κ2) is 11.7. The normalized spacial score (nSPS) is 13.6. The molecule has 1 N–H and O–H groups in total. The molecule has 6 nitrogen and oxygen atoms in total. The van der Waals surface area contributed by atoms with Crippen LogP contribution in [0.4, 0.5) is 4.79 Å². The highest BCUT2D eigenvalue weighted by molar-refractivity contribution is 6.74. The summed E-state index contributed by atoms with van der Waals surface area (Å²) in [7, 11) is -0.705. The first-order valence-corrected chi connectivity index (χ1v) is 14.5. The van der Waals surface area contributed by atoms with Crippen molar-refractivity contribution < 1.29 is 19.1 Å². The Labute approximate surface area is 209 Å². The first-order chi connectivity index (χ1) is 15.9. The van der Waals surface area contributed by atoms with Crippen molar-refractivity contribution in [2.75, 3.05) is 7.11 Å². The Morgan fingerprint density at radius 3 is 2.35 bits per heavy atom. The second-order valence-corrected chi connectivity index (χ2v) is 14.9. The van der Waals surface area contributed by atoms with Crippen LogP contribution in [0.3, 0.4) is 0 Å².